The summed E-state index contributed by atoms with van der Waals surface area (Å²) in [7, 11) is 0. The van der Waals surface area contributed by atoms with Gasteiger partial charge in [-0.3, -0.25) is 0 Å². The first kappa shape index (κ1) is 12.6. The molecule has 1 aliphatic rings. The highest BCUT2D eigenvalue weighted by molar-refractivity contribution is 5.30. The van der Waals surface area contributed by atoms with Crippen molar-refractivity contribution < 1.29 is 0 Å². The molecule has 1 aromatic carbocycles. The first-order chi connectivity index (χ1) is 7.88. The van der Waals surface area contributed by atoms with Gasteiger partial charge in [0.05, 0.1) is 0 Å². The average Bonchev–Trinajstić information content (AvgIpc) is 2.81. The molecule has 1 nitrogen and oxygen atoms in total. The average molecular weight is 231 g/mol. The van der Waals surface area contributed by atoms with E-state index < -0.39 is 0 Å². The summed E-state index contributed by atoms with van der Waals surface area (Å²) < 4.78 is 0. The Bertz CT molecular complexity index is 386. The zero-order chi connectivity index (χ0) is 12.6. The Morgan fingerprint density at radius 2 is 1.76 bits per heavy atom. The van der Waals surface area contributed by atoms with Crippen LogP contribution in [0.3, 0.4) is 0 Å². The smallest absolute Gasteiger partial charge is 0.0292 e. The Morgan fingerprint density at radius 1 is 1.24 bits per heavy atom. The molecule has 0 radical (unpaired) electrons. The van der Waals surface area contributed by atoms with Crippen molar-refractivity contribution in [3.8, 4) is 0 Å². The highest BCUT2D eigenvalue weighted by atomic mass is 14.9. The normalized spacial score (nSPS) is 23.5. The fourth-order valence-corrected chi connectivity index (χ4v) is 2.62. The monoisotopic (exact) mass is 231 g/mol. The number of rotatable bonds is 4. The zero-order valence-corrected chi connectivity index (χ0v) is 11.8. The molecule has 1 aromatic rings. The molecule has 17 heavy (non-hydrogen) atoms. The molecule has 1 heteroatoms. The van der Waals surface area contributed by atoms with Crippen molar-refractivity contribution in [3.05, 3.63) is 34.9 Å². The summed E-state index contributed by atoms with van der Waals surface area (Å²) in [6.07, 6.45) is 1.37. The second-order valence-corrected chi connectivity index (χ2v) is 6.44. The van der Waals surface area contributed by atoms with Crippen LogP contribution in [0, 0.1) is 25.2 Å². The summed E-state index contributed by atoms with van der Waals surface area (Å²) in [5, 5.41) is 3.67. The van der Waals surface area contributed by atoms with Crippen LogP contribution in [0.1, 0.15) is 49.9 Å². The lowest BCUT2D eigenvalue weighted by Crippen LogP contribution is -2.22. The van der Waals surface area contributed by atoms with Gasteiger partial charge in [-0.2, -0.15) is 0 Å². The fourth-order valence-electron chi connectivity index (χ4n) is 2.62. The first-order valence-electron chi connectivity index (χ1n) is 6.70. The molecule has 0 bridgehead atoms. The molecule has 0 heterocycles. The van der Waals surface area contributed by atoms with Crippen LogP contribution in [0.2, 0.25) is 0 Å². The molecule has 2 rings (SSSR count). The molecule has 1 aliphatic carbocycles. The Kier molecular flexibility index (Phi) is 3.31. The molecule has 0 aliphatic heterocycles. The Morgan fingerprint density at radius 3 is 2.24 bits per heavy atom. The van der Waals surface area contributed by atoms with Crippen molar-refractivity contribution in [2.75, 3.05) is 6.54 Å². The third-order valence-electron chi connectivity index (χ3n) is 4.13. The second-order valence-electron chi connectivity index (χ2n) is 6.44. The molecular formula is C16H25N. The second kappa shape index (κ2) is 4.45. The van der Waals surface area contributed by atoms with Crippen molar-refractivity contribution in [1.29, 1.82) is 0 Å². The van der Waals surface area contributed by atoms with Gasteiger partial charge in [-0.25, -0.2) is 0 Å². The maximum Gasteiger partial charge on any atom is 0.0292 e. The minimum atomic E-state index is 0.463. The van der Waals surface area contributed by atoms with E-state index in [1.165, 1.54) is 23.1 Å². The van der Waals surface area contributed by atoms with Crippen molar-refractivity contribution in [1.82, 2.24) is 5.32 Å². The molecule has 1 fully saturated rings. The zero-order valence-electron chi connectivity index (χ0n) is 11.8. The topological polar surface area (TPSA) is 12.0 Å². The van der Waals surface area contributed by atoms with Gasteiger partial charge < -0.3 is 5.32 Å². The van der Waals surface area contributed by atoms with E-state index >= 15 is 0 Å². The van der Waals surface area contributed by atoms with Crippen molar-refractivity contribution >= 4 is 0 Å². The van der Waals surface area contributed by atoms with Crippen LogP contribution in [0.4, 0.5) is 0 Å². The lowest BCUT2D eigenvalue weighted by atomic mass is 10.0. The first-order valence-corrected chi connectivity index (χ1v) is 6.70. The Hall–Kier alpha value is -0.820. The molecule has 0 aromatic heterocycles. The molecule has 1 N–H and O–H groups in total. The van der Waals surface area contributed by atoms with Crippen molar-refractivity contribution in [3.63, 3.8) is 0 Å². The maximum absolute atomic E-state index is 3.67. The summed E-state index contributed by atoms with van der Waals surface area (Å²) in [4.78, 5) is 0. The largest absolute Gasteiger partial charge is 0.310 e. The van der Waals surface area contributed by atoms with Gasteiger partial charge in [-0.1, -0.05) is 43.2 Å². The molecule has 0 saturated heterocycles. The van der Waals surface area contributed by atoms with Crippen molar-refractivity contribution in [2.24, 2.45) is 11.3 Å². The molecular weight excluding hydrogens is 206 g/mol. The van der Waals surface area contributed by atoms with Gasteiger partial charge >= 0.3 is 0 Å². The quantitative estimate of drug-likeness (QED) is 0.826. The molecule has 94 valence electrons. The number of benzene rings is 1. The van der Waals surface area contributed by atoms with Gasteiger partial charge in [0.1, 0.15) is 0 Å². The summed E-state index contributed by atoms with van der Waals surface area (Å²) in [6.45, 7) is 12.5. The number of hydrogen-bond acceptors (Lipinski definition) is 1. The summed E-state index contributed by atoms with van der Waals surface area (Å²) in [5.74, 6) is 0.871. The van der Waals surface area contributed by atoms with E-state index in [1.807, 2.05) is 0 Å². The number of nitrogens with one attached hydrogen (secondary N) is 1. The van der Waals surface area contributed by atoms with Gasteiger partial charge in [0.25, 0.3) is 0 Å². The molecule has 2 atom stereocenters. The molecule has 0 spiro atoms. The van der Waals surface area contributed by atoms with E-state index in [-0.39, 0.29) is 0 Å². The van der Waals surface area contributed by atoms with Gasteiger partial charge in [-0.05, 0) is 50.6 Å². The predicted octanol–water partition coefficient (Wildman–Crippen LogP) is 4.00. The molecule has 0 amide bonds. The van der Waals surface area contributed by atoms with Crippen LogP contribution in [-0.2, 0) is 0 Å². The van der Waals surface area contributed by atoms with Gasteiger partial charge in [-0.15, -0.1) is 0 Å². The third-order valence-corrected chi connectivity index (χ3v) is 4.13. The van der Waals surface area contributed by atoms with E-state index in [9.17, 15) is 0 Å². The van der Waals surface area contributed by atoms with Gasteiger partial charge in [0.15, 0.2) is 0 Å². The highest BCUT2D eigenvalue weighted by Crippen LogP contribution is 2.51. The predicted molar refractivity (Wildman–Crippen MR) is 74.2 cm³/mol. The van der Waals surface area contributed by atoms with Crippen LogP contribution < -0.4 is 5.32 Å². The fraction of sp³-hybridized carbons (Fsp3) is 0.625. The Balaban J connectivity index is 1.93. The third kappa shape index (κ3) is 3.10. The standard InChI is InChI=1S/C16H25N/c1-11-6-12(2)8-14(7-11)13(3)17-10-15-9-16(15,4)5/h6-8,13,15,17H,9-10H2,1-5H3. The van der Waals surface area contributed by atoms with E-state index in [1.54, 1.807) is 0 Å². The van der Waals surface area contributed by atoms with Gasteiger partial charge in [0.2, 0.25) is 0 Å². The minimum absolute atomic E-state index is 0.463. The number of aryl methyl sites for hydroxylation is 2. The lowest BCUT2D eigenvalue weighted by Gasteiger charge is -2.16. The highest BCUT2D eigenvalue weighted by Gasteiger charge is 2.44. The van der Waals surface area contributed by atoms with Crippen LogP contribution in [0.5, 0.6) is 0 Å². The molecule has 2 unspecified atom stereocenters. The van der Waals surface area contributed by atoms with Crippen LogP contribution in [0.25, 0.3) is 0 Å². The van der Waals surface area contributed by atoms with E-state index in [4.69, 9.17) is 0 Å². The SMILES string of the molecule is Cc1cc(C)cc(C(C)NCC2CC2(C)C)c1. The van der Waals surface area contributed by atoms with Crippen LogP contribution in [-0.4, -0.2) is 6.54 Å². The maximum atomic E-state index is 3.67. The van der Waals surface area contributed by atoms with E-state index in [0.717, 1.165) is 12.5 Å². The van der Waals surface area contributed by atoms with Crippen LogP contribution in [0.15, 0.2) is 18.2 Å². The minimum Gasteiger partial charge on any atom is -0.310 e. The van der Waals surface area contributed by atoms with E-state index in [2.05, 4.69) is 58.1 Å². The van der Waals surface area contributed by atoms with E-state index in [0.29, 0.717) is 11.5 Å². The Labute approximate surface area is 106 Å². The molecule has 1 saturated carbocycles. The summed E-state index contributed by atoms with van der Waals surface area (Å²) in [6, 6.07) is 7.29. The summed E-state index contributed by atoms with van der Waals surface area (Å²) >= 11 is 0. The number of hydrogen-bond donors (Lipinski definition) is 1. The van der Waals surface area contributed by atoms with Crippen LogP contribution >= 0.6 is 0 Å². The van der Waals surface area contributed by atoms with Crippen molar-refractivity contribution in [2.45, 2.75) is 47.1 Å². The van der Waals surface area contributed by atoms with Gasteiger partial charge in [0, 0.05) is 6.04 Å². The summed E-state index contributed by atoms with van der Waals surface area (Å²) in [5.41, 5.74) is 4.72. The lowest BCUT2D eigenvalue weighted by molar-refractivity contribution is 0.485.